The van der Waals surface area contributed by atoms with E-state index in [9.17, 15) is 9.59 Å². The maximum atomic E-state index is 11.6. The Morgan fingerprint density at radius 1 is 1.35 bits per heavy atom. The number of pyridine rings is 1. The molecule has 88 valence electrons. The van der Waals surface area contributed by atoms with Gasteiger partial charge in [-0.05, 0) is 18.2 Å². The number of Topliss-reactive ketones (excluding diaryl/α,β-unsaturated/α-hetero) is 1. The molecule has 0 aliphatic rings. The van der Waals surface area contributed by atoms with Crippen molar-refractivity contribution < 1.29 is 14.3 Å². The van der Waals surface area contributed by atoms with Crippen LogP contribution in [0.25, 0.3) is 5.52 Å². The molecule has 0 radical (unpaired) electrons. The standard InChI is InChI=1S/C12H12N2O3/c1-8(15)17-11-3-2-5-14-6-4-9(12(11)14)10(16)7-13/h2-6H,7,13H2,1H3. The van der Waals surface area contributed by atoms with Gasteiger partial charge in [-0.1, -0.05) is 0 Å². The van der Waals surface area contributed by atoms with Gasteiger partial charge in [0, 0.05) is 24.9 Å². The molecule has 0 amide bonds. The minimum Gasteiger partial charge on any atom is -0.424 e. The summed E-state index contributed by atoms with van der Waals surface area (Å²) in [5, 5.41) is 0. The van der Waals surface area contributed by atoms with Crippen molar-refractivity contribution >= 4 is 17.3 Å². The molecule has 2 rings (SSSR count). The highest BCUT2D eigenvalue weighted by atomic mass is 16.5. The number of esters is 1. The second-order valence-electron chi connectivity index (χ2n) is 3.58. The van der Waals surface area contributed by atoms with E-state index in [0.717, 1.165) is 0 Å². The molecular formula is C12H12N2O3. The van der Waals surface area contributed by atoms with Gasteiger partial charge in [-0.15, -0.1) is 0 Å². The Hall–Kier alpha value is -2.14. The van der Waals surface area contributed by atoms with Crippen molar-refractivity contribution in [2.45, 2.75) is 6.92 Å². The fourth-order valence-electron chi connectivity index (χ4n) is 1.71. The summed E-state index contributed by atoms with van der Waals surface area (Å²) in [5.41, 5.74) is 6.37. The Morgan fingerprint density at radius 3 is 2.76 bits per heavy atom. The van der Waals surface area contributed by atoms with Crippen LogP contribution in [0.5, 0.6) is 5.75 Å². The second-order valence-corrected chi connectivity index (χ2v) is 3.58. The number of hydrogen-bond acceptors (Lipinski definition) is 4. The molecule has 5 heteroatoms. The molecular weight excluding hydrogens is 220 g/mol. The van der Waals surface area contributed by atoms with Crippen LogP contribution in [0.3, 0.4) is 0 Å². The summed E-state index contributed by atoms with van der Waals surface area (Å²) in [6, 6.07) is 5.05. The maximum absolute atomic E-state index is 11.6. The summed E-state index contributed by atoms with van der Waals surface area (Å²) in [6.07, 6.45) is 3.50. The van der Waals surface area contributed by atoms with Gasteiger partial charge < -0.3 is 14.9 Å². The van der Waals surface area contributed by atoms with E-state index in [2.05, 4.69) is 0 Å². The Balaban J connectivity index is 2.63. The zero-order valence-corrected chi connectivity index (χ0v) is 9.34. The highest BCUT2D eigenvalue weighted by Crippen LogP contribution is 2.24. The molecule has 0 bridgehead atoms. The van der Waals surface area contributed by atoms with Gasteiger partial charge in [-0.2, -0.15) is 0 Å². The highest BCUT2D eigenvalue weighted by Gasteiger charge is 2.14. The first kappa shape index (κ1) is 11.3. The van der Waals surface area contributed by atoms with Gasteiger partial charge >= 0.3 is 5.97 Å². The molecule has 2 heterocycles. The van der Waals surface area contributed by atoms with Crippen LogP contribution < -0.4 is 10.5 Å². The van der Waals surface area contributed by atoms with Gasteiger partial charge in [0.2, 0.25) is 0 Å². The lowest BCUT2D eigenvalue weighted by atomic mass is 10.1. The van der Waals surface area contributed by atoms with Crippen LogP contribution in [-0.4, -0.2) is 22.7 Å². The smallest absolute Gasteiger partial charge is 0.308 e. The topological polar surface area (TPSA) is 73.8 Å². The largest absolute Gasteiger partial charge is 0.424 e. The first-order valence-corrected chi connectivity index (χ1v) is 5.15. The van der Waals surface area contributed by atoms with Crippen molar-refractivity contribution in [3.05, 3.63) is 36.2 Å². The fraction of sp³-hybridized carbons (Fsp3) is 0.167. The molecule has 0 spiro atoms. The van der Waals surface area contributed by atoms with Gasteiger partial charge in [0.1, 0.15) is 0 Å². The number of nitrogens with zero attached hydrogens (tertiary/aromatic N) is 1. The van der Waals surface area contributed by atoms with Crippen molar-refractivity contribution in [1.29, 1.82) is 0 Å². The van der Waals surface area contributed by atoms with Crippen molar-refractivity contribution in [2.75, 3.05) is 6.54 Å². The number of ketones is 1. The molecule has 0 aromatic carbocycles. The predicted molar refractivity (Wildman–Crippen MR) is 62.1 cm³/mol. The van der Waals surface area contributed by atoms with Crippen molar-refractivity contribution in [3.63, 3.8) is 0 Å². The number of carbonyl (C=O) groups excluding carboxylic acids is 2. The van der Waals surface area contributed by atoms with Crippen molar-refractivity contribution in [3.8, 4) is 5.75 Å². The summed E-state index contributed by atoms with van der Waals surface area (Å²) < 4.78 is 6.79. The third-order valence-corrected chi connectivity index (χ3v) is 2.38. The summed E-state index contributed by atoms with van der Waals surface area (Å²) in [6.45, 7) is 1.24. The van der Waals surface area contributed by atoms with E-state index in [1.54, 1.807) is 35.0 Å². The van der Waals surface area contributed by atoms with Crippen LogP contribution in [0.4, 0.5) is 0 Å². The third-order valence-electron chi connectivity index (χ3n) is 2.38. The van der Waals surface area contributed by atoms with Crippen LogP contribution >= 0.6 is 0 Å². The lowest BCUT2D eigenvalue weighted by molar-refractivity contribution is -0.131. The lowest BCUT2D eigenvalue weighted by Gasteiger charge is -2.05. The van der Waals surface area contributed by atoms with Gasteiger partial charge in [-0.25, -0.2) is 0 Å². The van der Waals surface area contributed by atoms with Crippen LogP contribution in [-0.2, 0) is 4.79 Å². The molecule has 2 N–H and O–H groups in total. The predicted octanol–water partition coefficient (Wildman–Crippen LogP) is 1.01. The number of aromatic nitrogens is 1. The molecule has 2 aromatic rings. The molecule has 0 fully saturated rings. The molecule has 0 aliphatic carbocycles. The zero-order valence-electron chi connectivity index (χ0n) is 9.34. The van der Waals surface area contributed by atoms with Gasteiger partial charge in [0.05, 0.1) is 12.1 Å². The Bertz CT molecular complexity index is 586. The summed E-state index contributed by atoms with van der Waals surface area (Å²) in [4.78, 5) is 22.6. The monoisotopic (exact) mass is 232 g/mol. The molecule has 0 aliphatic heterocycles. The van der Waals surface area contributed by atoms with E-state index >= 15 is 0 Å². The summed E-state index contributed by atoms with van der Waals surface area (Å²) >= 11 is 0. The number of hydrogen-bond donors (Lipinski definition) is 1. The van der Waals surface area contributed by atoms with Crippen molar-refractivity contribution in [1.82, 2.24) is 4.40 Å². The lowest BCUT2D eigenvalue weighted by Crippen LogP contribution is -2.13. The average Bonchev–Trinajstić information content (AvgIpc) is 2.72. The second kappa shape index (κ2) is 4.39. The van der Waals surface area contributed by atoms with E-state index in [-0.39, 0.29) is 12.3 Å². The Morgan fingerprint density at radius 2 is 2.12 bits per heavy atom. The first-order valence-electron chi connectivity index (χ1n) is 5.15. The van der Waals surface area contributed by atoms with Gasteiger partial charge in [0.25, 0.3) is 0 Å². The van der Waals surface area contributed by atoms with Crippen molar-refractivity contribution in [2.24, 2.45) is 5.73 Å². The SMILES string of the molecule is CC(=O)Oc1cccn2ccc(C(=O)CN)c12. The fourth-order valence-corrected chi connectivity index (χ4v) is 1.71. The molecule has 0 saturated heterocycles. The number of fused-ring (bicyclic) bond motifs is 1. The van der Waals surface area contributed by atoms with Crippen LogP contribution in [0.2, 0.25) is 0 Å². The minimum absolute atomic E-state index is 0.0753. The van der Waals surface area contributed by atoms with Crippen LogP contribution in [0.15, 0.2) is 30.6 Å². The number of rotatable bonds is 3. The number of carbonyl (C=O) groups is 2. The number of ether oxygens (including phenoxy) is 1. The van der Waals surface area contributed by atoms with E-state index < -0.39 is 5.97 Å². The average molecular weight is 232 g/mol. The van der Waals surface area contributed by atoms with E-state index in [1.165, 1.54) is 6.92 Å². The van der Waals surface area contributed by atoms with E-state index in [1.807, 2.05) is 0 Å². The molecule has 0 unspecified atom stereocenters. The first-order chi connectivity index (χ1) is 8.13. The molecule has 0 saturated carbocycles. The number of nitrogens with two attached hydrogens (primary N) is 1. The summed E-state index contributed by atoms with van der Waals surface area (Å²) in [5.74, 6) is -0.251. The molecule has 5 nitrogen and oxygen atoms in total. The maximum Gasteiger partial charge on any atom is 0.308 e. The van der Waals surface area contributed by atoms with Gasteiger partial charge in [-0.3, -0.25) is 9.59 Å². The normalized spacial score (nSPS) is 10.5. The molecule has 0 atom stereocenters. The minimum atomic E-state index is -0.426. The Labute approximate surface area is 97.8 Å². The molecule has 17 heavy (non-hydrogen) atoms. The quantitative estimate of drug-likeness (QED) is 0.633. The van der Waals surface area contributed by atoms with Crippen LogP contribution in [0.1, 0.15) is 17.3 Å². The third kappa shape index (κ3) is 2.05. The molecule has 2 aromatic heterocycles. The van der Waals surface area contributed by atoms with Crippen LogP contribution in [0, 0.1) is 0 Å². The van der Waals surface area contributed by atoms with Gasteiger partial charge in [0.15, 0.2) is 11.5 Å². The zero-order chi connectivity index (χ0) is 12.4. The summed E-state index contributed by atoms with van der Waals surface area (Å²) in [7, 11) is 0. The highest BCUT2D eigenvalue weighted by molar-refractivity contribution is 6.05. The Kier molecular flexibility index (Phi) is 2.93. The van der Waals surface area contributed by atoms with E-state index in [4.69, 9.17) is 10.5 Å². The van der Waals surface area contributed by atoms with E-state index in [0.29, 0.717) is 16.8 Å².